The van der Waals surface area contributed by atoms with Gasteiger partial charge in [-0.15, -0.1) is 0 Å². The van der Waals surface area contributed by atoms with Crippen molar-refractivity contribution >= 4 is 17.4 Å². The van der Waals surface area contributed by atoms with Gasteiger partial charge in [-0.05, 0) is 18.6 Å². The van der Waals surface area contributed by atoms with Crippen molar-refractivity contribution in [2.75, 3.05) is 36.0 Å². The van der Waals surface area contributed by atoms with Crippen LogP contribution in [0.1, 0.15) is 11.3 Å². The van der Waals surface area contributed by atoms with Crippen LogP contribution in [-0.2, 0) is 6.54 Å². The lowest BCUT2D eigenvalue weighted by Gasteiger charge is -2.36. The van der Waals surface area contributed by atoms with Crippen molar-refractivity contribution in [3.63, 3.8) is 0 Å². The molecule has 1 aliphatic heterocycles. The summed E-state index contributed by atoms with van der Waals surface area (Å²) in [7, 11) is 0. The van der Waals surface area contributed by atoms with Crippen LogP contribution in [0.25, 0.3) is 5.78 Å². The Kier molecular flexibility index (Phi) is 4.62. The zero-order valence-corrected chi connectivity index (χ0v) is 16.7. The number of fused-ring (bicyclic) bond motifs is 1. The number of piperazine rings is 1. The Hall–Kier alpha value is -3.75. The molecule has 0 bridgehead atoms. The number of aryl methyl sites for hydroxylation is 1. The SMILES string of the molecule is Cc1cc(N2CCN(c3ccc(=O)n(Cc4ccccc4)n3)CC2)n2ncnc2n1. The first-order valence-electron chi connectivity index (χ1n) is 9.97. The molecule has 1 aromatic carbocycles. The number of hydrogen-bond acceptors (Lipinski definition) is 7. The Balaban J connectivity index is 1.34. The number of hydrogen-bond donors (Lipinski definition) is 0. The molecule has 0 spiro atoms. The van der Waals surface area contributed by atoms with Gasteiger partial charge in [-0.25, -0.2) is 9.67 Å². The first kappa shape index (κ1) is 18.3. The van der Waals surface area contributed by atoms with Crippen LogP contribution in [-0.4, -0.2) is 55.5 Å². The fourth-order valence-electron chi connectivity index (χ4n) is 3.78. The highest BCUT2D eigenvalue weighted by molar-refractivity contribution is 5.49. The van der Waals surface area contributed by atoms with Crippen LogP contribution in [0, 0.1) is 6.92 Å². The zero-order chi connectivity index (χ0) is 20.5. The molecule has 0 aliphatic carbocycles. The predicted octanol–water partition coefficient (Wildman–Crippen LogP) is 1.36. The van der Waals surface area contributed by atoms with Gasteiger partial charge < -0.3 is 9.80 Å². The summed E-state index contributed by atoms with van der Waals surface area (Å²) in [5.41, 5.74) is 1.88. The van der Waals surface area contributed by atoms with Crippen molar-refractivity contribution in [3.8, 4) is 0 Å². The summed E-state index contributed by atoms with van der Waals surface area (Å²) in [6, 6.07) is 15.4. The third kappa shape index (κ3) is 3.49. The number of rotatable bonds is 4. The second kappa shape index (κ2) is 7.58. The minimum Gasteiger partial charge on any atom is -0.353 e. The van der Waals surface area contributed by atoms with Crippen molar-refractivity contribution in [2.45, 2.75) is 13.5 Å². The van der Waals surface area contributed by atoms with Crippen molar-refractivity contribution in [3.05, 3.63) is 76.5 Å². The first-order valence-corrected chi connectivity index (χ1v) is 9.97. The van der Waals surface area contributed by atoms with E-state index in [1.165, 1.54) is 11.0 Å². The summed E-state index contributed by atoms with van der Waals surface area (Å²) in [6.07, 6.45) is 1.53. The van der Waals surface area contributed by atoms with Crippen LogP contribution in [0.15, 0.2) is 59.7 Å². The Morgan fingerprint density at radius 1 is 0.967 bits per heavy atom. The van der Waals surface area contributed by atoms with Crippen LogP contribution in [0.4, 0.5) is 11.6 Å². The Morgan fingerprint density at radius 3 is 2.53 bits per heavy atom. The van der Waals surface area contributed by atoms with Gasteiger partial charge in [-0.1, -0.05) is 30.3 Å². The molecular formula is C21H22N8O. The summed E-state index contributed by atoms with van der Waals surface area (Å²) in [5.74, 6) is 2.43. The van der Waals surface area contributed by atoms with E-state index < -0.39 is 0 Å². The fourth-order valence-corrected chi connectivity index (χ4v) is 3.78. The molecule has 152 valence electrons. The summed E-state index contributed by atoms with van der Waals surface area (Å²) in [5, 5.41) is 8.93. The number of nitrogens with zero attached hydrogens (tertiary/aromatic N) is 8. The largest absolute Gasteiger partial charge is 0.353 e. The van der Waals surface area contributed by atoms with Crippen LogP contribution in [0.5, 0.6) is 0 Å². The van der Waals surface area contributed by atoms with Crippen molar-refractivity contribution in [2.24, 2.45) is 0 Å². The maximum Gasteiger partial charge on any atom is 0.267 e. The molecule has 30 heavy (non-hydrogen) atoms. The zero-order valence-electron chi connectivity index (χ0n) is 16.7. The average molecular weight is 402 g/mol. The summed E-state index contributed by atoms with van der Waals surface area (Å²) in [4.78, 5) is 25.4. The Labute approximate surface area is 173 Å². The molecule has 0 amide bonds. The number of aromatic nitrogens is 6. The van der Waals surface area contributed by atoms with Gasteiger partial charge in [-0.2, -0.15) is 19.7 Å². The van der Waals surface area contributed by atoms with Crippen molar-refractivity contribution in [1.82, 2.24) is 29.4 Å². The predicted molar refractivity (Wildman–Crippen MR) is 114 cm³/mol. The van der Waals surface area contributed by atoms with E-state index in [0.29, 0.717) is 12.3 Å². The van der Waals surface area contributed by atoms with Gasteiger partial charge in [0.2, 0.25) is 0 Å². The Morgan fingerprint density at radius 2 is 1.73 bits per heavy atom. The van der Waals surface area contributed by atoms with Gasteiger partial charge in [0.25, 0.3) is 11.3 Å². The van der Waals surface area contributed by atoms with Crippen LogP contribution < -0.4 is 15.4 Å². The van der Waals surface area contributed by atoms with E-state index in [1.54, 1.807) is 10.6 Å². The summed E-state index contributed by atoms with van der Waals surface area (Å²) >= 11 is 0. The van der Waals surface area contributed by atoms with E-state index >= 15 is 0 Å². The third-order valence-corrected chi connectivity index (χ3v) is 5.32. The molecule has 0 atom stereocenters. The molecule has 1 aliphatic rings. The van der Waals surface area contributed by atoms with Crippen molar-refractivity contribution < 1.29 is 0 Å². The smallest absolute Gasteiger partial charge is 0.267 e. The van der Waals surface area contributed by atoms with E-state index in [9.17, 15) is 4.79 Å². The lowest BCUT2D eigenvalue weighted by atomic mass is 10.2. The number of benzene rings is 1. The Bertz CT molecular complexity index is 1220. The summed E-state index contributed by atoms with van der Waals surface area (Å²) in [6.45, 7) is 5.67. The topological polar surface area (TPSA) is 84.5 Å². The highest BCUT2D eigenvalue weighted by atomic mass is 16.1. The highest BCUT2D eigenvalue weighted by Gasteiger charge is 2.21. The standard InChI is InChI=1S/C21H22N8O/c1-16-13-19(29-21(24-16)22-15-23-29)27-11-9-26(10-12-27)18-7-8-20(30)28(25-18)14-17-5-3-2-4-6-17/h2-8,13,15H,9-12,14H2,1H3. The molecule has 5 rings (SSSR count). The van der Waals surface area contributed by atoms with Gasteiger partial charge in [-0.3, -0.25) is 4.79 Å². The molecule has 1 saturated heterocycles. The van der Waals surface area contributed by atoms with E-state index in [-0.39, 0.29) is 5.56 Å². The van der Waals surface area contributed by atoms with Gasteiger partial charge in [0.1, 0.15) is 18.0 Å². The quantitative estimate of drug-likeness (QED) is 0.510. The molecule has 4 heterocycles. The van der Waals surface area contributed by atoms with E-state index in [1.807, 2.05) is 49.4 Å². The monoisotopic (exact) mass is 402 g/mol. The molecule has 0 saturated carbocycles. The molecule has 0 radical (unpaired) electrons. The maximum atomic E-state index is 12.3. The van der Waals surface area contributed by atoms with Crippen LogP contribution >= 0.6 is 0 Å². The highest BCUT2D eigenvalue weighted by Crippen LogP contribution is 2.20. The van der Waals surface area contributed by atoms with E-state index in [0.717, 1.165) is 49.1 Å². The summed E-state index contributed by atoms with van der Waals surface area (Å²) < 4.78 is 3.31. The van der Waals surface area contributed by atoms with Gasteiger partial charge in [0.15, 0.2) is 0 Å². The molecule has 3 aromatic heterocycles. The van der Waals surface area contributed by atoms with Gasteiger partial charge in [0.05, 0.1) is 6.54 Å². The van der Waals surface area contributed by atoms with Crippen LogP contribution in [0.2, 0.25) is 0 Å². The molecule has 4 aromatic rings. The first-order chi connectivity index (χ1) is 14.7. The molecule has 0 unspecified atom stereocenters. The van der Waals surface area contributed by atoms with Crippen LogP contribution in [0.3, 0.4) is 0 Å². The maximum absolute atomic E-state index is 12.3. The fraction of sp³-hybridized carbons (Fsp3) is 0.286. The lowest BCUT2D eigenvalue weighted by molar-refractivity contribution is 0.596. The minimum absolute atomic E-state index is 0.0953. The molecule has 0 N–H and O–H groups in total. The van der Waals surface area contributed by atoms with Crippen molar-refractivity contribution in [1.29, 1.82) is 0 Å². The van der Waals surface area contributed by atoms with Gasteiger partial charge in [0, 0.05) is 44.0 Å². The van der Waals surface area contributed by atoms with Gasteiger partial charge >= 0.3 is 0 Å². The third-order valence-electron chi connectivity index (χ3n) is 5.32. The average Bonchev–Trinajstić information content (AvgIpc) is 3.24. The molecule has 9 nitrogen and oxygen atoms in total. The number of anilines is 2. The van der Waals surface area contributed by atoms with E-state index in [4.69, 9.17) is 0 Å². The molecule has 9 heteroatoms. The molecular weight excluding hydrogens is 380 g/mol. The second-order valence-electron chi connectivity index (χ2n) is 7.37. The molecule has 1 fully saturated rings. The second-order valence-corrected chi connectivity index (χ2v) is 7.37. The minimum atomic E-state index is -0.0953. The van der Waals surface area contributed by atoms with E-state index in [2.05, 4.69) is 30.0 Å². The normalized spacial score (nSPS) is 14.4. The lowest BCUT2D eigenvalue weighted by Crippen LogP contribution is -2.48.